The maximum absolute atomic E-state index is 13.8. The lowest BCUT2D eigenvalue weighted by Gasteiger charge is -2.12. The van der Waals surface area contributed by atoms with Crippen LogP contribution in [-0.4, -0.2) is 31.8 Å². The number of hydrogen-bond acceptors (Lipinski definition) is 5. The monoisotopic (exact) mass is 435 g/mol. The second-order valence-corrected chi connectivity index (χ2v) is 7.27. The van der Waals surface area contributed by atoms with Gasteiger partial charge >= 0.3 is 0 Å². The highest BCUT2D eigenvalue weighted by molar-refractivity contribution is 6.02. The average molecular weight is 435 g/mol. The van der Waals surface area contributed by atoms with Gasteiger partial charge < -0.3 is 24.3 Å². The highest BCUT2D eigenvalue weighted by atomic mass is 19.1. The summed E-state index contributed by atoms with van der Waals surface area (Å²) in [7, 11) is 2.91. The molecule has 0 unspecified atom stereocenters. The molecule has 1 aliphatic rings. The van der Waals surface area contributed by atoms with Gasteiger partial charge in [0.2, 0.25) is 11.7 Å². The summed E-state index contributed by atoms with van der Waals surface area (Å²) in [6.07, 6.45) is 5.40. The molecular weight excluding hydrogens is 413 g/mol. The van der Waals surface area contributed by atoms with Crippen molar-refractivity contribution >= 4 is 23.6 Å². The molecule has 1 aromatic heterocycles. The Hall–Kier alpha value is -4.00. The van der Waals surface area contributed by atoms with E-state index in [1.807, 2.05) is 12.2 Å². The zero-order valence-electron chi connectivity index (χ0n) is 17.6. The molecule has 4 rings (SSSR count). The number of phenolic OH excluding ortho intramolecular Hbond substituents is 1. The number of ether oxygens (including phenoxy) is 2. The molecule has 0 saturated heterocycles. The standard InChI is InChI=1S/C25H22FNO5/c1-30-22-9-15(10-23(31-2)25(22)29)8-21-17(11-16-12-18(26)5-6-20(16)21)14-27-24(28)13-19-4-3-7-32-19/h3-12,29H,13-14H2,1-2H3,(H,27,28). The second kappa shape index (κ2) is 9.01. The number of aromatic hydroxyl groups is 1. The van der Waals surface area contributed by atoms with Crippen LogP contribution in [0.1, 0.15) is 22.5 Å². The minimum Gasteiger partial charge on any atom is -0.502 e. The van der Waals surface area contributed by atoms with E-state index in [0.29, 0.717) is 5.76 Å². The SMILES string of the molecule is COc1cc(C=C2C(CNC(=O)Cc3ccco3)=Cc3cc(F)ccc32)cc(OC)c1O. The summed E-state index contributed by atoms with van der Waals surface area (Å²) in [4.78, 5) is 12.3. The Morgan fingerprint density at radius 3 is 2.56 bits per heavy atom. The Labute approximate surface area is 184 Å². The number of rotatable bonds is 7. The summed E-state index contributed by atoms with van der Waals surface area (Å²) < 4.78 is 29.5. The van der Waals surface area contributed by atoms with Crippen LogP contribution in [0.25, 0.3) is 17.7 Å². The first-order valence-electron chi connectivity index (χ1n) is 9.95. The number of carbonyl (C=O) groups excluding carboxylic acids is 1. The average Bonchev–Trinajstić information content (AvgIpc) is 3.40. The van der Waals surface area contributed by atoms with Crippen molar-refractivity contribution in [2.75, 3.05) is 20.8 Å². The molecule has 2 aromatic carbocycles. The van der Waals surface area contributed by atoms with Crippen LogP contribution in [0.2, 0.25) is 0 Å². The number of carbonyl (C=O) groups is 1. The van der Waals surface area contributed by atoms with Crippen LogP contribution in [0.3, 0.4) is 0 Å². The van der Waals surface area contributed by atoms with Crippen LogP contribution in [0, 0.1) is 5.82 Å². The molecular formula is C25H22FNO5. The minimum atomic E-state index is -0.338. The molecule has 0 atom stereocenters. The van der Waals surface area contributed by atoms with Gasteiger partial charge in [0.25, 0.3) is 0 Å². The number of hydrogen-bond donors (Lipinski definition) is 2. The number of furan rings is 1. The third kappa shape index (κ3) is 4.37. The van der Waals surface area contributed by atoms with Gasteiger partial charge in [-0.15, -0.1) is 0 Å². The van der Waals surface area contributed by atoms with E-state index in [0.717, 1.165) is 27.8 Å². The summed E-state index contributed by atoms with van der Waals surface area (Å²) in [5, 5.41) is 13.1. The summed E-state index contributed by atoms with van der Waals surface area (Å²) in [5.41, 5.74) is 3.94. The van der Waals surface area contributed by atoms with Crippen molar-refractivity contribution in [2.45, 2.75) is 6.42 Å². The lowest BCUT2D eigenvalue weighted by atomic mass is 9.99. The Balaban J connectivity index is 1.65. The van der Waals surface area contributed by atoms with E-state index >= 15 is 0 Å². The number of nitrogens with one attached hydrogen (secondary N) is 1. The normalized spacial score (nSPS) is 13.6. The van der Waals surface area contributed by atoms with Gasteiger partial charge in [-0.1, -0.05) is 6.07 Å². The zero-order chi connectivity index (χ0) is 22.7. The van der Waals surface area contributed by atoms with Gasteiger partial charge in [0.15, 0.2) is 11.5 Å². The predicted molar refractivity (Wildman–Crippen MR) is 119 cm³/mol. The van der Waals surface area contributed by atoms with Crippen molar-refractivity contribution < 1.29 is 28.2 Å². The van der Waals surface area contributed by atoms with E-state index in [9.17, 15) is 14.3 Å². The fourth-order valence-electron chi connectivity index (χ4n) is 3.64. The van der Waals surface area contributed by atoms with Gasteiger partial charge in [0.1, 0.15) is 11.6 Å². The fourth-order valence-corrected chi connectivity index (χ4v) is 3.64. The Morgan fingerprint density at radius 1 is 1.16 bits per heavy atom. The van der Waals surface area contributed by atoms with Crippen LogP contribution in [0.4, 0.5) is 4.39 Å². The van der Waals surface area contributed by atoms with E-state index in [1.165, 1.54) is 32.6 Å². The van der Waals surface area contributed by atoms with Gasteiger partial charge in [0, 0.05) is 6.54 Å². The number of phenols is 1. The first-order chi connectivity index (χ1) is 15.5. The molecule has 0 aliphatic heterocycles. The molecule has 0 radical (unpaired) electrons. The number of methoxy groups -OCH3 is 2. The highest BCUT2D eigenvalue weighted by Crippen LogP contribution is 2.41. The molecule has 1 heterocycles. The van der Waals surface area contributed by atoms with E-state index in [-0.39, 0.29) is 41.9 Å². The smallest absolute Gasteiger partial charge is 0.227 e. The van der Waals surface area contributed by atoms with Crippen molar-refractivity contribution in [2.24, 2.45) is 0 Å². The molecule has 164 valence electrons. The number of halogens is 1. The number of benzene rings is 2. The third-order valence-electron chi connectivity index (χ3n) is 5.18. The van der Waals surface area contributed by atoms with Crippen molar-refractivity contribution in [3.8, 4) is 17.2 Å². The topological polar surface area (TPSA) is 80.9 Å². The van der Waals surface area contributed by atoms with Crippen molar-refractivity contribution in [1.29, 1.82) is 0 Å². The van der Waals surface area contributed by atoms with E-state index in [2.05, 4.69) is 5.32 Å². The van der Waals surface area contributed by atoms with E-state index in [4.69, 9.17) is 13.9 Å². The lowest BCUT2D eigenvalue weighted by molar-refractivity contribution is -0.120. The van der Waals surface area contributed by atoms with Crippen molar-refractivity contribution in [3.05, 3.63) is 82.6 Å². The Morgan fingerprint density at radius 2 is 1.91 bits per heavy atom. The Bertz CT molecular complexity index is 1190. The van der Waals surface area contributed by atoms with Crippen LogP contribution in [-0.2, 0) is 11.2 Å². The van der Waals surface area contributed by atoms with Crippen molar-refractivity contribution in [1.82, 2.24) is 5.32 Å². The molecule has 0 saturated carbocycles. The van der Waals surface area contributed by atoms with Gasteiger partial charge in [-0.05, 0) is 76.4 Å². The Kier molecular flexibility index (Phi) is 5.98. The van der Waals surface area contributed by atoms with E-state index in [1.54, 1.807) is 30.3 Å². The number of fused-ring (bicyclic) bond motifs is 1. The predicted octanol–water partition coefficient (Wildman–Crippen LogP) is 4.44. The van der Waals surface area contributed by atoms with Gasteiger partial charge in [-0.25, -0.2) is 4.39 Å². The van der Waals surface area contributed by atoms with Crippen molar-refractivity contribution in [3.63, 3.8) is 0 Å². The minimum absolute atomic E-state index is 0.0907. The highest BCUT2D eigenvalue weighted by Gasteiger charge is 2.21. The van der Waals surface area contributed by atoms with Crippen LogP contribution < -0.4 is 14.8 Å². The molecule has 3 aromatic rings. The van der Waals surface area contributed by atoms with Gasteiger partial charge in [-0.3, -0.25) is 4.79 Å². The van der Waals surface area contributed by atoms with Gasteiger partial charge in [-0.2, -0.15) is 0 Å². The molecule has 1 aliphatic carbocycles. The first kappa shape index (κ1) is 21.2. The molecule has 2 N–H and O–H groups in total. The van der Waals surface area contributed by atoms with Gasteiger partial charge in [0.05, 0.1) is 26.9 Å². The summed E-state index contributed by atoms with van der Waals surface area (Å²) >= 11 is 0. The molecule has 7 heteroatoms. The lowest BCUT2D eigenvalue weighted by Crippen LogP contribution is -2.26. The zero-order valence-corrected chi connectivity index (χ0v) is 17.6. The first-order valence-corrected chi connectivity index (χ1v) is 9.95. The van der Waals surface area contributed by atoms with E-state index < -0.39 is 0 Å². The second-order valence-electron chi connectivity index (χ2n) is 7.27. The maximum Gasteiger partial charge on any atom is 0.227 e. The van der Waals surface area contributed by atoms with Crippen LogP contribution >= 0.6 is 0 Å². The third-order valence-corrected chi connectivity index (χ3v) is 5.18. The van der Waals surface area contributed by atoms with Crippen LogP contribution in [0.15, 0.2) is 58.7 Å². The fraction of sp³-hybridized carbons (Fsp3) is 0.160. The molecule has 0 bridgehead atoms. The molecule has 1 amide bonds. The summed E-state index contributed by atoms with van der Waals surface area (Å²) in [5.74, 6) is 0.502. The summed E-state index contributed by atoms with van der Waals surface area (Å²) in [6, 6.07) is 11.4. The maximum atomic E-state index is 13.8. The summed E-state index contributed by atoms with van der Waals surface area (Å²) in [6.45, 7) is 0.258. The molecule has 0 spiro atoms. The molecule has 32 heavy (non-hydrogen) atoms. The number of amides is 1. The van der Waals surface area contributed by atoms with Crippen LogP contribution in [0.5, 0.6) is 17.2 Å². The molecule has 0 fully saturated rings. The largest absolute Gasteiger partial charge is 0.502 e. The molecule has 6 nitrogen and oxygen atoms in total. The quantitative estimate of drug-likeness (QED) is 0.574.